The highest BCUT2D eigenvalue weighted by atomic mass is 79.9. The Hall–Kier alpha value is -1.20. The fourth-order valence-electron chi connectivity index (χ4n) is 4.10. The molecule has 0 saturated heterocycles. The minimum Gasteiger partial charge on any atom is -0.382 e. The first-order valence-corrected chi connectivity index (χ1v) is 9.95. The van der Waals surface area contributed by atoms with Gasteiger partial charge in [-0.25, -0.2) is 4.99 Å². The van der Waals surface area contributed by atoms with Gasteiger partial charge in [0.1, 0.15) is 5.84 Å². The van der Waals surface area contributed by atoms with Crippen LogP contribution >= 0.6 is 15.9 Å². The number of nitrogens with zero attached hydrogens (tertiary/aromatic N) is 2. The number of nitrogens with two attached hydrogens (primary N) is 1. The molecule has 0 aromatic heterocycles. The Kier molecular flexibility index (Phi) is 5.35. The number of aliphatic imine (C=N–C) groups is 2. The number of amidine groups is 1. The van der Waals surface area contributed by atoms with E-state index in [4.69, 9.17) is 20.5 Å². The maximum Gasteiger partial charge on any atom is 0.181 e. The van der Waals surface area contributed by atoms with E-state index in [1.54, 1.807) is 0 Å². The average Bonchev–Trinajstić information content (AvgIpc) is 2.86. The van der Waals surface area contributed by atoms with E-state index < -0.39 is 5.66 Å². The van der Waals surface area contributed by atoms with Crippen molar-refractivity contribution in [2.75, 3.05) is 0 Å². The molecule has 5 heteroatoms. The van der Waals surface area contributed by atoms with Gasteiger partial charge in [-0.15, -0.1) is 0 Å². The van der Waals surface area contributed by atoms with Gasteiger partial charge in [0, 0.05) is 16.0 Å². The van der Waals surface area contributed by atoms with Crippen molar-refractivity contribution in [3.8, 4) is 0 Å². The van der Waals surface area contributed by atoms with Crippen molar-refractivity contribution in [3.05, 3.63) is 33.8 Å². The van der Waals surface area contributed by atoms with E-state index in [2.05, 4.69) is 54.9 Å². The van der Waals surface area contributed by atoms with Crippen molar-refractivity contribution in [1.82, 2.24) is 0 Å². The van der Waals surface area contributed by atoms with Crippen molar-refractivity contribution in [2.24, 2.45) is 21.6 Å². The summed E-state index contributed by atoms with van der Waals surface area (Å²) in [5.74, 6) is 0.920. The molecule has 1 aromatic carbocycles. The second-order valence-electron chi connectivity index (χ2n) is 7.54. The summed E-state index contributed by atoms with van der Waals surface area (Å²) in [6, 6.07) is 6.35. The van der Waals surface area contributed by atoms with Crippen molar-refractivity contribution < 1.29 is 4.74 Å². The van der Waals surface area contributed by atoms with Crippen LogP contribution in [0, 0.1) is 12.8 Å². The first-order valence-electron chi connectivity index (χ1n) is 9.16. The molecule has 0 bridgehead atoms. The summed E-state index contributed by atoms with van der Waals surface area (Å²) in [6.45, 7) is 8.30. The van der Waals surface area contributed by atoms with Gasteiger partial charge in [-0.1, -0.05) is 22.0 Å². The second kappa shape index (κ2) is 7.20. The Morgan fingerprint density at radius 3 is 2.40 bits per heavy atom. The van der Waals surface area contributed by atoms with Gasteiger partial charge in [-0.3, -0.25) is 4.99 Å². The van der Waals surface area contributed by atoms with Crippen LogP contribution in [0.15, 0.2) is 32.7 Å². The van der Waals surface area contributed by atoms with Crippen molar-refractivity contribution in [2.45, 2.75) is 71.2 Å². The zero-order valence-corrected chi connectivity index (χ0v) is 17.1. The van der Waals surface area contributed by atoms with Gasteiger partial charge in [0.2, 0.25) is 0 Å². The molecule has 1 saturated carbocycles. The highest BCUT2D eigenvalue weighted by molar-refractivity contribution is 9.10. The number of ether oxygens (including phenoxy) is 1. The van der Waals surface area contributed by atoms with E-state index >= 15 is 0 Å². The van der Waals surface area contributed by atoms with E-state index in [1.807, 2.05) is 6.92 Å². The number of benzene rings is 1. The lowest BCUT2D eigenvalue weighted by Crippen LogP contribution is -2.36. The zero-order valence-electron chi connectivity index (χ0n) is 15.6. The summed E-state index contributed by atoms with van der Waals surface area (Å²) in [7, 11) is 0. The number of aryl methyl sites for hydroxylation is 1. The third-order valence-electron chi connectivity index (χ3n) is 5.30. The Morgan fingerprint density at radius 1 is 1.16 bits per heavy atom. The van der Waals surface area contributed by atoms with E-state index in [-0.39, 0.29) is 6.10 Å². The minimum atomic E-state index is -0.579. The minimum absolute atomic E-state index is 0.281. The number of hydrogen-bond acceptors (Lipinski definition) is 4. The molecule has 1 atom stereocenters. The predicted molar refractivity (Wildman–Crippen MR) is 107 cm³/mol. The summed E-state index contributed by atoms with van der Waals surface area (Å²) < 4.78 is 7.08. The molecule has 1 heterocycles. The SMILES string of the molecule is CC1=NC(c2cc(Br)ccc2C)(C2CCC(OC(C)C)CC2)N=C1N. The molecule has 0 amide bonds. The van der Waals surface area contributed by atoms with Crippen molar-refractivity contribution in [1.29, 1.82) is 0 Å². The number of rotatable bonds is 4. The van der Waals surface area contributed by atoms with Crippen molar-refractivity contribution >= 4 is 27.5 Å². The molecule has 3 rings (SSSR count). The maximum atomic E-state index is 6.16. The van der Waals surface area contributed by atoms with Crippen LogP contribution < -0.4 is 5.73 Å². The number of halogens is 1. The van der Waals surface area contributed by atoms with Gasteiger partial charge in [0.15, 0.2) is 5.66 Å². The third-order valence-corrected chi connectivity index (χ3v) is 5.80. The summed E-state index contributed by atoms with van der Waals surface area (Å²) in [5, 5.41) is 0. The van der Waals surface area contributed by atoms with Crippen LogP contribution in [-0.2, 0) is 10.4 Å². The number of hydrogen-bond donors (Lipinski definition) is 1. The Morgan fingerprint density at radius 2 is 1.84 bits per heavy atom. The van der Waals surface area contributed by atoms with Gasteiger partial charge in [0.25, 0.3) is 0 Å². The molecular formula is C20H28BrN3O. The first-order chi connectivity index (χ1) is 11.8. The molecule has 1 fully saturated rings. The Labute approximate surface area is 159 Å². The molecule has 2 N–H and O–H groups in total. The molecule has 1 aliphatic heterocycles. The van der Waals surface area contributed by atoms with Crippen LogP contribution in [0.4, 0.5) is 0 Å². The van der Waals surface area contributed by atoms with Crippen LogP contribution in [0.2, 0.25) is 0 Å². The molecule has 1 unspecified atom stereocenters. The summed E-state index contributed by atoms with van der Waals surface area (Å²) in [5.41, 5.74) is 8.80. The normalized spacial score (nSPS) is 29.7. The quantitative estimate of drug-likeness (QED) is 0.786. The van der Waals surface area contributed by atoms with Crippen LogP contribution in [0.1, 0.15) is 57.6 Å². The molecular weight excluding hydrogens is 378 g/mol. The highest BCUT2D eigenvalue weighted by Crippen LogP contribution is 2.47. The third kappa shape index (κ3) is 3.68. The molecule has 0 spiro atoms. The summed E-state index contributed by atoms with van der Waals surface area (Å²) >= 11 is 3.61. The lowest BCUT2D eigenvalue weighted by Gasteiger charge is -2.39. The highest BCUT2D eigenvalue weighted by Gasteiger charge is 2.46. The van der Waals surface area contributed by atoms with Crippen molar-refractivity contribution in [3.63, 3.8) is 0 Å². The largest absolute Gasteiger partial charge is 0.382 e. The summed E-state index contributed by atoms with van der Waals surface area (Å²) in [6.07, 6.45) is 4.85. The fourth-order valence-corrected chi connectivity index (χ4v) is 4.46. The molecule has 4 nitrogen and oxygen atoms in total. The van der Waals surface area contributed by atoms with Crippen LogP contribution in [0.25, 0.3) is 0 Å². The first kappa shape index (κ1) is 18.6. The van der Waals surface area contributed by atoms with Gasteiger partial charge < -0.3 is 10.5 Å². The molecule has 1 aliphatic carbocycles. The molecule has 0 radical (unpaired) electrons. The second-order valence-corrected chi connectivity index (χ2v) is 8.45. The summed E-state index contributed by atoms with van der Waals surface area (Å²) in [4.78, 5) is 9.92. The molecule has 25 heavy (non-hydrogen) atoms. The monoisotopic (exact) mass is 405 g/mol. The van der Waals surface area contributed by atoms with Gasteiger partial charge in [-0.05, 0) is 71.1 Å². The Balaban J connectivity index is 1.94. The van der Waals surface area contributed by atoms with E-state index in [1.165, 1.54) is 5.56 Å². The lowest BCUT2D eigenvalue weighted by molar-refractivity contribution is -0.0260. The Bertz CT molecular complexity index is 685. The molecule has 1 aromatic rings. The van der Waals surface area contributed by atoms with Crippen LogP contribution in [-0.4, -0.2) is 23.8 Å². The van der Waals surface area contributed by atoms with Gasteiger partial charge >= 0.3 is 0 Å². The smallest absolute Gasteiger partial charge is 0.181 e. The zero-order chi connectivity index (χ0) is 18.2. The lowest BCUT2D eigenvalue weighted by atomic mass is 9.75. The van der Waals surface area contributed by atoms with Crippen LogP contribution in [0.5, 0.6) is 0 Å². The molecule has 2 aliphatic rings. The van der Waals surface area contributed by atoms with Gasteiger partial charge in [0.05, 0.1) is 17.9 Å². The van der Waals surface area contributed by atoms with Gasteiger partial charge in [-0.2, -0.15) is 0 Å². The maximum absolute atomic E-state index is 6.16. The fraction of sp³-hybridized carbons (Fsp3) is 0.600. The van der Waals surface area contributed by atoms with E-state index in [9.17, 15) is 0 Å². The average molecular weight is 406 g/mol. The molecule has 136 valence electrons. The van der Waals surface area contributed by atoms with E-state index in [0.717, 1.165) is 41.4 Å². The topological polar surface area (TPSA) is 60.0 Å². The standard InChI is InChI=1S/C20H28BrN3O/c1-12(2)25-17-9-6-15(7-10-17)20(23-14(4)19(22)24-20)18-11-16(21)8-5-13(18)3/h5,8,11-12,15,17H,6-7,9-10H2,1-4H3,(H2,22,24). The van der Waals surface area contributed by atoms with E-state index in [0.29, 0.717) is 17.9 Å². The van der Waals surface area contributed by atoms with Crippen LogP contribution in [0.3, 0.4) is 0 Å². The predicted octanol–water partition coefficient (Wildman–Crippen LogP) is 4.73.